The van der Waals surface area contributed by atoms with E-state index in [9.17, 15) is 19.8 Å². The van der Waals surface area contributed by atoms with E-state index in [2.05, 4.69) is 4.98 Å². The molecule has 8 heteroatoms. The Balaban J connectivity index is 1.87. The minimum Gasteiger partial charge on any atom is -0.508 e. The largest absolute Gasteiger partial charge is 0.508 e. The molecule has 2 heterocycles. The van der Waals surface area contributed by atoms with Crippen molar-refractivity contribution < 1.29 is 19.8 Å². The lowest BCUT2D eigenvalue weighted by Crippen LogP contribution is -2.29. The molecule has 1 amide bonds. The molecular formula is C23H16Cl2N2O4. The van der Waals surface area contributed by atoms with Crippen molar-refractivity contribution in [2.45, 2.75) is 12.6 Å². The maximum atomic E-state index is 13.0. The van der Waals surface area contributed by atoms with Crippen LogP contribution < -0.4 is 0 Å². The highest BCUT2D eigenvalue weighted by Gasteiger charge is 2.46. The van der Waals surface area contributed by atoms with Crippen molar-refractivity contribution >= 4 is 40.7 Å². The summed E-state index contributed by atoms with van der Waals surface area (Å²) in [5, 5.41) is 21.2. The fourth-order valence-electron chi connectivity index (χ4n) is 3.53. The van der Waals surface area contributed by atoms with Gasteiger partial charge in [-0.15, -0.1) is 0 Å². The molecule has 0 spiro atoms. The Morgan fingerprint density at radius 1 is 1.03 bits per heavy atom. The highest BCUT2D eigenvalue weighted by molar-refractivity contribution is 6.46. The number of hydrogen-bond donors (Lipinski definition) is 2. The number of halogens is 2. The van der Waals surface area contributed by atoms with Crippen molar-refractivity contribution in [2.75, 3.05) is 0 Å². The molecule has 0 saturated carbocycles. The third kappa shape index (κ3) is 4.00. The van der Waals surface area contributed by atoms with Crippen LogP contribution in [0.2, 0.25) is 10.0 Å². The Hall–Kier alpha value is -3.35. The predicted octanol–water partition coefficient (Wildman–Crippen LogP) is 4.72. The molecule has 6 nitrogen and oxygen atoms in total. The molecule has 1 aromatic heterocycles. The zero-order valence-electron chi connectivity index (χ0n) is 16.0. The number of phenols is 1. The minimum atomic E-state index is -0.866. The Morgan fingerprint density at radius 3 is 2.42 bits per heavy atom. The third-order valence-electron chi connectivity index (χ3n) is 5.02. The number of Topliss-reactive ketones (excluding diaryl/α,β-unsaturated/α-hetero) is 1. The molecule has 0 aliphatic carbocycles. The van der Waals surface area contributed by atoms with Crippen molar-refractivity contribution in [1.29, 1.82) is 0 Å². The summed E-state index contributed by atoms with van der Waals surface area (Å²) in [6.45, 7) is 0.113. The number of aromatic nitrogens is 1. The normalized spacial score (nSPS) is 17.9. The van der Waals surface area contributed by atoms with E-state index in [0.717, 1.165) is 5.56 Å². The van der Waals surface area contributed by atoms with Gasteiger partial charge in [-0.1, -0.05) is 41.4 Å². The average molecular weight is 455 g/mol. The molecule has 2 N–H and O–H groups in total. The Labute approximate surface area is 188 Å². The minimum absolute atomic E-state index is 0.0393. The third-order valence-corrected chi connectivity index (χ3v) is 5.76. The molecule has 0 bridgehead atoms. The van der Waals surface area contributed by atoms with Gasteiger partial charge in [-0.2, -0.15) is 0 Å². The number of likely N-dealkylation sites (tertiary alicyclic amines) is 1. The van der Waals surface area contributed by atoms with Crippen LogP contribution in [0.5, 0.6) is 5.75 Å². The van der Waals surface area contributed by atoms with Gasteiger partial charge in [0.1, 0.15) is 11.5 Å². The van der Waals surface area contributed by atoms with Gasteiger partial charge in [0.2, 0.25) is 0 Å². The number of nitrogens with zero attached hydrogens (tertiary/aromatic N) is 2. The molecule has 1 atom stereocenters. The molecule has 1 unspecified atom stereocenters. The van der Waals surface area contributed by atoms with E-state index in [-0.39, 0.29) is 34.2 Å². The van der Waals surface area contributed by atoms with E-state index in [0.29, 0.717) is 10.6 Å². The second kappa shape index (κ2) is 8.41. The van der Waals surface area contributed by atoms with Crippen LogP contribution in [0.15, 0.2) is 72.6 Å². The van der Waals surface area contributed by atoms with E-state index in [4.69, 9.17) is 23.2 Å². The summed E-state index contributed by atoms with van der Waals surface area (Å²) in [6.07, 6.45) is 3.21. The van der Waals surface area contributed by atoms with E-state index >= 15 is 0 Å². The predicted molar refractivity (Wildman–Crippen MR) is 117 cm³/mol. The van der Waals surface area contributed by atoms with E-state index in [1.807, 2.05) is 0 Å². The first kappa shape index (κ1) is 20.9. The first-order valence-corrected chi connectivity index (χ1v) is 10.0. The number of carbonyl (C=O) groups is 2. The van der Waals surface area contributed by atoms with Gasteiger partial charge in [0, 0.05) is 24.5 Å². The van der Waals surface area contributed by atoms with E-state index in [1.165, 1.54) is 35.2 Å². The number of aliphatic hydroxyl groups is 1. The summed E-state index contributed by atoms with van der Waals surface area (Å²) in [5.41, 5.74) is 1.47. The SMILES string of the molecule is O=C1C(=O)N(Cc2cccnc2)C(c2ccc(O)cc2)/C1=C(/O)c1ccc(Cl)c(Cl)c1. The van der Waals surface area contributed by atoms with Crippen LogP contribution in [0, 0.1) is 0 Å². The van der Waals surface area contributed by atoms with Crippen LogP contribution in [0.1, 0.15) is 22.7 Å². The van der Waals surface area contributed by atoms with Gasteiger partial charge in [-0.05, 0) is 47.5 Å². The quantitative estimate of drug-likeness (QED) is 0.338. The number of rotatable bonds is 4. The van der Waals surface area contributed by atoms with Crippen LogP contribution in [0.3, 0.4) is 0 Å². The van der Waals surface area contributed by atoms with Crippen molar-refractivity contribution in [2.24, 2.45) is 0 Å². The summed E-state index contributed by atoms with van der Waals surface area (Å²) < 4.78 is 0. The summed E-state index contributed by atoms with van der Waals surface area (Å²) >= 11 is 12.0. The zero-order chi connectivity index (χ0) is 22.1. The lowest BCUT2D eigenvalue weighted by Gasteiger charge is -2.25. The Bertz CT molecular complexity index is 1190. The van der Waals surface area contributed by atoms with Crippen LogP contribution >= 0.6 is 23.2 Å². The van der Waals surface area contributed by atoms with Crippen molar-refractivity contribution in [3.8, 4) is 5.75 Å². The Morgan fingerprint density at radius 2 is 1.77 bits per heavy atom. The number of amides is 1. The second-order valence-corrected chi connectivity index (χ2v) is 7.82. The summed E-state index contributed by atoms with van der Waals surface area (Å²) in [5.74, 6) is -1.88. The molecular weight excluding hydrogens is 439 g/mol. The van der Waals surface area contributed by atoms with Gasteiger partial charge < -0.3 is 15.1 Å². The number of phenolic OH excluding ortho intramolecular Hbond substituents is 1. The summed E-state index contributed by atoms with van der Waals surface area (Å²) in [6, 6.07) is 13.2. The molecule has 31 heavy (non-hydrogen) atoms. The first-order chi connectivity index (χ1) is 14.9. The summed E-state index contributed by atoms with van der Waals surface area (Å²) in [4.78, 5) is 31.4. The molecule has 156 valence electrons. The zero-order valence-corrected chi connectivity index (χ0v) is 17.5. The number of ketones is 1. The van der Waals surface area contributed by atoms with Gasteiger partial charge >= 0.3 is 0 Å². The highest BCUT2D eigenvalue weighted by Crippen LogP contribution is 2.41. The van der Waals surface area contributed by atoms with Gasteiger partial charge in [-0.3, -0.25) is 14.6 Å². The molecule has 1 fully saturated rings. The molecule has 1 aliphatic rings. The monoisotopic (exact) mass is 454 g/mol. The Kier molecular flexibility index (Phi) is 5.67. The number of aliphatic hydroxyl groups excluding tert-OH is 1. The van der Waals surface area contributed by atoms with Crippen LogP contribution in [0.25, 0.3) is 5.76 Å². The molecule has 2 aromatic carbocycles. The molecule has 4 rings (SSSR count). The number of benzene rings is 2. The fraction of sp³-hybridized carbons (Fsp3) is 0.0870. The lowest BCUT2D eigenvalue weighted by atomic mass is 9.95. The molecule has 1 saturated heterocycles. The topological polar surface area (TPSA) is 90.7 Å². The van der Waals surface area contributed by atoms with Crippen LogP contribution in [-0.4, -0.2) is 31.8 Å². The van der Waals surface area contributed by atoms with E-state index in [1.54, 1.807) is 36.7 Å². The van der Waals surface area contributed by atoms with Crippen molar-refractivity contribution in [1.82, 2.24) is 9.88 Å². The first-order valence-electron chi connectivity index (χ1n) is 9.28. The van der Waals surface area contributed by atoms with Crippen LogP contribution in [-0.2, 0) is 16.1 Å². The van der Waals surface area contributed by atoms with Crippen molar-refractivity contribution in [3.63, 3.8) is 0 Å². The van der Waals surface area contributed by atoms with E-state index < -0.39 is 17.7 Å². The molecule has 0 radical (unpaired) electrons. The average Bonchev–Trinajstić information content (AvgIpc) is 3.01. The van der Waals surface area contributed by atoms with Gasteiger partial charge in [0.25, 0.3) is 11.7 Å². The van der Waals surface area contributed by atoms with Gasteiger partial charge in [0.15, 0.2) is 0 Å². The maximum Gasteiger partial charge on any atom is 0.295 e. The second-order valence-electron chi connectivity index (χ2n) is 7.01. The maximum absolute atomic E-state index is 13.0. The molecule has 1 aliphatic heterocycles. The lowest BCUT2D eigenvalue weighted by molar-refractivity contribution is -0.140. The fourth-order valence-corrected chi connectivity index (χ4v) is 3.83. The smallest absolute Gasteiger partial charge is 0.295 e. The summed E-state index contributed by atoms with van der Waals surface area (Å²) in [7, 11) is 0. The number of hydrogen-bond acceptors (Lipinski definition) is 5. The van der Waals surface area contributed by atoms with Crippen molar-refractivity contribution in [3.05, 3.63) is 99.3 Å². The highest BCUT2D eigenvalue weighted by atomic mass is 35.5. The van der Waals surface area contributed by atoms with Gasteiger partial charge in [-0.25, -0.2) is 0 Å². The number of aromatic hydroxyl groups is 1. The number of carbonyl (C=O) groups excluding carboxylic acids is 2. The number of pyridine rings is 1. The standard InChI is InChI=1S/C23H16Cl2N2O4/c24-17-8-5-15(10-18(17)25)21(29)19-20(14-3-6-16(28)7-4-14)27(23(31)22(19)30)12-13-2-1-9-26-11-13/h1-11,20,28-29H,12H2/b21-19-. The van der Waals surface area contributed by atoms with Gasteiger partial charge in [0.05, 0.1) is 21.7 Å². The van der Waals surface area contributed by atoms with Crippen LogP contribution in [0.4, 0.5) is 0 Å². The molecule has 3 aromatic rings.